The van der Waals surface area contributed by atoms with E-state index in [1.807, 2.05) is 0 Å². The molecule has 0 heterocycles. The maximum absolute atomic E-state index is 13.4. The van der Waals surface area contributed by atoms with Crippen LogP contribution in [0.4, 0.5) is 0 Å². The van der Waals surface area contributed by atoms with Gasteiger partial charge in [-0.25, -0.2) is 4.79 Å². The Morgan fingerprint density at radius 3 is 1.86 bits per heavy atom. The SMILES string of the molecule is CC(C)C(NC(=O)C(CO)NC(=O)C(CCCN=C(N)N)NC(=O)C(Cc1ccccc1)NC(=O)CN)C(=O)NC(CCC(N)=O)C(=O)O. The van der Waals surface area contributed by atoms with Crippen LogP contribution in [0.2, 0.25) is 0 Å². The normalized spacial score (nSPS) is 13.8. The lowest BCUT2D eigenvalue weighted by molar-refractivity contribution is -0.143. The molecule has 0 fully saturated rings. The molecular weight excluding hydrogens is 644 g/mol. The van der Waals surface area contributed by atoms with Crippen LogP contribution < -0.4 is 49.5 Å². The standard InChI is InChI=1S/C30H48N10O9/c1-16(2)24(28(47)38-19(29(48)49)10-11-22(32)42)40-27(46)21(15-41)39-25(44)18(9-6-12-35-30(33)34)37-26(45)20(36-23(43)14-31)13-17-7-4-3-5-8-17/h3-5,7-8,16,18-21,24,41H,6,9-15,31H2,1-2H3,(H2,32,42)(H,36,43)(H,37,45)(H,38,47)(H,39,44)(H,40,46)(H,48,49)(H4,33,34,35). The number of aliphatic hydroxyl groups is 1. The lowest BCUT2D eigenvalue weighted by Gasteiger charge is -2.27. The topological polar surface area (TPSA) is 337 Å². The molecule has 6 amide bonds. The number of carbonyl (C=O) groups is 7. The summed E-state index contributed by atoms with van der Waals surface area (Å²) in [7, 11) is 0. The van der Waals surface area contributed by atoms with Crippen LogP contribution in [0.1, 0.15) is 45.1 Å². The monoisotopic (exact) mass is 692 g/mol. The molecule has 15 N–H and O–H groups in total. The van der Waals surface area contributed by atoms with Gasteiger partial charge < -0.3 is 59.7 Å². The molecule has 1 aromatic rings. The fraction of sp³-hybridized carbons (Fsp3) is 0.533. The molecule has 49 heavy (non-hydrogen) atoms. The highest BCUT2D eigenvalue weighted by Gasteiger charge is 2.33. The average molecular weight is 693 g/mol. The van der Waals surface area contributed by atoms with Gasteiger partial charge in [0, 0.05) is 19.4 Å². The lowest BCUT2D eigenvalue weighted by Crippen LogP contribution is -2.60. The van der Waals surface area contributed by atoms with E-state index < -0.39 is 90.7 Å². The zero-order chi connectivity index (χ0) is 37.1. The van der Waals surface area contributed by atoms with Crippen LogP contribution in [0.15, 0.2) is 35.3 Å². The van der Waals surface area contributed by atoms with Gasteiger partial charge in [0.2, 0.25) is 35.4 Å². The van der Waals surface area contributed by atoms with Crippen molar-refractivity contribution in [2.24, 2.45) is 33.8 Å². The van der Waals surface area contributed by atoms with Crippen molar-refractivity contribution in [1.82, 2.24) is 26.6 Å². The van der Waals surface area contributed by atoms with E-state index in [2.05, 4.69) is 31.6 Å². The van der Waals surface area contributed by atoms with Gasteiger partial charge in [0.15, 0.2) is 5.96 Å². The molecule has 19 nitrogen and oxygen atoms in total. The van der Waals surface area contributed by atoms with E-state index in [0.717, 1.165) is 0 Å². The molecule has 0 aliphatic rings. The highest BCUT2D eigenvalue weighted by atomic mass is 16.4. The summed E-state index contributed by atoms with van der Waals surface area (Å²) in [5.74, 6) is -7.10. The minimum atomic E-state index is -1.61. The van der Waals surface area contributed by atoms with Gasteiger partial charge in [-0.2, -0.15) is 0 Å². The van der Waals surface area contributed by atoms with E-state index in [4.69, 9.17) is 22.9 Å². The van der Waals surface area contributed by atoms with E-state index in [1.54, 1.807) is 44.2 Å². The van der Waals surface area contributed by atoms with Crippen LogP contribution in [0.25, 0.3) is 0 Å². The lowest BCUT2D eigenvalue weighted by atomic mass is 10.0. The van der Waals surface area contributed by atoms with Crippen LogP contribution in [0, 0.1) is 5.92 Å². The summed E-state index contributed by atoms with van der Waals surface area (Å²) in [5.41, 5.74) is 22.0. The van der Waals surface area contributed by atoms with Gasteiger partial charge in [-0.15, -0.1) is 0 Å². The third-order valence-electron chi connectivity index (χ3n) is 7.05. The summed E-state index contributed by atoms with van der Waals surface area (Å²) in [4.78, 5) is 91.7. The predicted molar refractivity (Wildman–Crippen MR) is 177 cm³/mol. The summed E-state index contributed by atoms with van der Waals surface area (Å²) in [6.45, 7) is 1.90. The predicted octanol–water partition coefficient (Wildman–Crippen LogP) is -4.34. The summed E-state index contributed by atoms with van der Waals surface area (Å²) in [5, 5.41) is 31.5. The van der Waals surface area contributed by atoms with Crippen molar-refractivity contribution >= 4 is 47.4 Å². The van der Waals surface area contributed by atoms with Crippen molar-refractivity contribution in [3.8, 4) is 0 Å². The summed E-state index contributed by atoms with van der Waals surface area (Å²) in [6.07, 6.45) is -0.378. The Labute approximate surface area is 283 Å². The molecule has 0 aliphatic carbocycles. The number of rotatable bonds is 22. The van der Waals surface area contributed by atoms with Gasteiger partial charge >= 0.3 is 5.97 Å². The van der Waals surface area contributed by atoms with Crippen molar-refractivity contribution in [3.05, 3.63) is 35.9 Å². The number of carboxylic acid groups (broad SMARTS) is 1. The molecule has 0 spiro atoms. The molecule has 272 valence electrons. The number of benzene rings is 1. The second-order valence-electron chi connectivity index (χ2n) is 11.4. The van der Waals surface area contributed by atoms with Crippen molar-refractivity contribution in [2.75, 3.05) is 19.7 Å². The number of hydrogen-bond donors (Lipinski definition) is 11. The Morgan fingerprint density at radius 1 is 0.755 bits per heavy atom. The van der Waals surface area contributed by atoms with Gasteiger partial charge in [0.1, 0.15) is 30.2 Å². The van der Waals surface area contributed by atoms with Crippen molar-refractivity contribution in [1.29, 1.82) is 0 Å². The molecule has 0 radical (unpaired) electrons. The number of aliphatic carboxylic acids is 1. The highest BCUT2D eigenvalue weighted by molar-refractivity contribution is 5.96. The van der Waals surface area contributed by atoms with Gasteiger partial charge in [-0.1, -0.05) is 44.2 Å². The van der Waals surface area contributed by atoms with E-state index >= 15 is 0 Å². The van der Waals surface area contributed by atoms with Crippen molar-refractivity contribution in [3.63, 3.8) is 0 Å². The number of nitrogens with zero attached hydrogens (tertiary/aromatic N) is 1. The molecule has 0 saturated carbocycles. The number of primary amides is 1. The quantitative estimate of drug-likeness (QED) is 0.0312. The Morgan fingerprint density at radius 2 is 1.33 bits per heavy atom. The minimum absolute atomic E-state index is 0.0318. The first kappa shape index (κ1) is 41.7. The van der Waals surface area contributed by atoms with Gasteiger partial charge in [-0.05, 0) is 30.7 Å². The summed E-state index contributed by atoms with van der Waals surface area (Å²) in [6, 6.07) is 1.92. The maximum Gasteiger partial charge on any atom is 0.326 e. The molecule has 1 rings (SSSR count). The number of carbonyl (C=O) groups excluding carboxylic acids is 6. The van der Waals surface area contributed by atoms with E-state index in [0.29, 0.717) is 5.56 Å². The number of guanidine groups is 1. The summed E-state index contributed by atoms with van der Waals surface area (Å²) >= 11 is 0. The Hall–Kier alpha value is -5.30. The summed E-state index contributed by atoms with van der Waals surface area (Å²) < 4.78 is 0. The minimum Gasteiger partial charge on any atom is -0.480 e. The highest BCUT2D eigenvalue weighted by Crippen LogP contribution is 2.08. The molecule has 5 atom stereocenters. The second kappa shape index (κ2) is 21.5. The molecular formula is C30H48N10O9. The first-order valence-electron chi connectivity index (χ1n) is 15.5. The maximum atomic E-state index is 13.4. The first-order chi connectivity index (χ1) is 23.1. The van der Waals surface area contributed by atoms with Crippen LogP contribution in [0.3, 0.4) is 0 Å². The third-order valence-corrected chi connectivity index (χ3v) is 7.05. The smallest absolute Gasteiger partial charge is 0.326 e. The second-order valence-corrected chi connectivity index (χ2v) is 11.4. The Kier molecular flexibility index (Phi) is 18.3. The number of aliphatic imine (C=N–C) groups is 1. The Bertz CT molecular complexity index is 1320. The van der Waals surface area contributed by atoms with E-state index in [1.165, 1.54) is 0 Å². The van der Waals surface area contributed by atoms with Crippen LogP contribution >= 0.6 is 0 Å². The molecule has 0 bridgehead atoms. The van der Waals surface area contributed by atoms with E-state index in [9.17, 15) is 43.8 Å². The molecule has 5 unspecified atom stereocenters. The van der Waals surface area contributed by atoms with Crippen LogP contribution in [-0.2, 0) is 40.0 Å². The van der Waals surface area contributed by atoms with Gasteiger partial charge in [-0.3, -0.25) is 33.8 Å². The number of nitrogens with two attached hydrogens (primary N) is 4. The van der Waals surface area contributed by atoms with Gasteiger partial charge in [0.25, 0.3) is 0 Å². The van der Waals surface area contributed by atoms with Crippen LogP contribution in [-0.4, -0.2) is 107 Å². The molecule has 1 aromatic carbocycles. The number of nitrogens with one attached hydrogen (secondary N) is 5. The van der Waals surface area contributed by atoms with E-state index in [-0.39, 0.29) is 44.6 Å². The Balaban J connectivity index is 3.16. The largest absolute Gasteiger partial charge is 0.480 e. The van der Waals surface area contributed by atoms with Crippen molar-refractivity contribution < 1.29 is 43.8 Å². The van der Waals surface area contributed by atoms with Crippen LogP contribution in [0.5, 0.6) is 0 Å². The number of hydrogen-bond acceptors (Lipinski definition) is 10. The fourth-order valence-corrected chi connectivity index (χ4v) is 4.42. The number of amides is 6. The zero-order valence-corrected chi connectivity index (χ0v) is 27.5. The average Bonchev–Trinajstić information content (AvgIpc) is 3.04. The number of aliphatic hydroxyl groups excluding tert-OH is 1. The first-order valence-corrected chi connectivity index (χ1v) is 15.5. The fourth-order valence-electron chi connectivity index (χ4n) is 4.42. The van der Waals surface area contributed by atoms with Gasteiger partial charge in [0.05, 0.1) is 13.2 Å². The van der Waals surface area contributed by atoms with Crippen molar-refractivity contribution in [2.45, 2.75) is 76.2 Å². The molecule has 19 heteroatoms. The molecule has 0 aromatic heterocycles. The third kappa shape index (κ3) is 15.9. The molecule has 0 saturated heterocycles. The molecule has 0 aliphatic heterocycles. The zero-order valence-electron chi connectivity index (χ0n) is 27.5. The number of carboxylic acids is 1.